The zero-order valence-electron chi connectivity index (χ0n) is 23.8. The fourth-order valence-corrected chi connectivity index (χ4v) is 5.06. The highest BCUT2D eigenvalue weighted by Gasteiger charge is 2.29. The van der Waals surface area contributed by atoms with Gasteiger partial charge in [0, 0.05) is 23.8 Å². The minimum atomic E-state index is 0.517. The molecule has 0 atom stereocenters. The second kappa shape index (κ2) is 14.1. The number of hydrogen-bond acceptors (Lipinski definition) is 4. The minimum absolute atomic E-state index is 0.517. The lowest BCUT2D eigenvalue weighted by atomic mass is 9.97. The third-order valence-corrected chi connectivity index (χ3v) is 7.18. The third kappa shape index (κ3) is 7.52. The lowest BCUT2D eigenvalue weighted by Gasteiger charge is -2.37. The predicted octanol–water partition coefficient (Wildman–Crippen LogP) is 7.69. The molecule has 1 aliphatic heterocycles. The molecule has 0 unspecified atom stereocenters. The zero-order valence-corrected chi connectivity index (χ0v) is 23.8. The summed E-state index contributed by atoms with van der Waals surface area (Å²) in [5.74, 6) is 2.27. The Balaban J connectivity index is 0.00000186. The van der Waals surface area contributed by atoms with Crippen molar-refractivity contribution in [1.29, 1.82) is 0 Å². The smallest absolute Gasteiger partial charge is 0.164 e. The maximum atomic E-state index is 5.72. The highest BCUT2D eigenvalue weighted by molar-refractivity contribution is 5.71. The van der Waals surface area contributed by atoms with Gasteiger partial charge in [0.05, 0.1) is 14.2 Å². The molecule has 4 heteroatoms. The van der Waals surface area contributed by atoms with Crippen LogP contribution < -0.4 is 19.7 Å². The number of nitrogens with one attached hydrogen (secondary N) is 1. The summed E-state index contributed by atoms with van der Waals surface area (Å²) in [7, 11) is 3.45. The van der Waals surface area contributed by atoms with E-state index >= 15 is 0 Å². The van der Waals surface area contributed by atoms with Crippen LogP contribution in [-0.4, -0.2) is 39.9 Å². The van der Waals surface area contributed by atoms with Gasteiger partial charge in [0.2, 0.25) is 0 Å². The fraction of sp³-hybridized carbons (Fsp3) is 0.455. The highest BCUT2D eigenvalue weighted by Crippen LogP contribution is 2.48. The van der Waals surface area contributed by atoms with Crippen LogP contribution in [0.2, 0.25) is 0 Å². The van der Waals surface area contributed by atoms with Crippen LogP contribution in [0.25, 0.3) is 5.57 Å². The highest BCUT2D eigenvalue weighted by atomic mass is 16.5. The van der Waals surface area contributed by atoms with E-state index in [9.17, 15) is 0 Å². The molecule has 4 rings (SSSR count). The van der Waals surface area contributed by atoms with Gasteiger partial charge in [0.1, 0.15) is 0 Å². The Morgan fingerprint density at radius 1 is 1.03 bits per heavy atom. The second-order valence-electron chi connectivity index (χ2n) is 9.82. The SMILES string of the molecule is C=C/C=C(\C=C(/C)c1cc(OC)c(OC)c(C2CC2)c1)CN(c1ccc(C)cc1)C1CCNCC1.CC. The number of piperidine rings is 1. The van der Waals surface area contributed by atoms with Gasteiger partial charge < -0.3 is 19.7 Å². The van der Waals surface area contributed by atoms with Gasteiger partial charge >= 0.3 is 0 Å². The van der Waals surface area contributed by atoms with Gasteiger partial charge in [-0.2, -0.15) is 0 Å². The van der Waals surface area contributed by atoms with Crippen molar-refractivity contribution in [3.8, 4) is 11.5 Å². The average Bonchev–Trinajstić information content (AvgIpc) is 3.79. The molecule has 0 aromatic heterocycles. The van der Waals surface area contributed by atoms with Gasteiger partial charge in [0.25, 0.3) is 0 Å². The van der Waals surface area contributed by atoms with E-state index in [0.29, 0.717) is 12.0 Å². The maximum Gasteiger partial charge on any atom is 0.164 e. The van der Waals surface area contributed by atoms with Crippen molar-refractivity contribution in [2.45, 2.75) is 65.3 Å². The predicted molar refractivity (Wildman–Crippen MR) is 159 cm³/mol. The number of anilines is 1. The molecule has 0 bridgehead atoms. The van der Waals surface area contributed by atoms with Gasteiger partial charge in [-0.05, 0) is 99.5 Å². The van der Waals surface area contributed by atoms with E-state index in [0.717, 1.165) is 44.0 Å². The zero-order chi connectivity index (χ0) is 26.8. The summed E-state index contributed by atoms with van der Waals surface area (Å²) in [6.45, 7) is 15.3. The Kier molecular flexibility index (Phi) is 10.9. The van der Waals surface area contributed by atoms with Crippen LogP contribution in [0.3, 0.4) is 0 Å². The number of benzene rings is 2. The first kappa shape index (κ1) is 28.6. The molecule has 2 aromatic rings. The summed E-state index contributed by atoms with van der Waals surface area (Å²) in [6.07, 6.45) is 11.1. The van der Waals surface area contributed by atoms with Crippen molar-refractivity contribution in [3.05, 3.63) is 83.5 Å². The van der Waals surface area contributed by atoms with Crippen LogP contribution in [0.4, 0.5) is 5.69 Å². The average molecular weight is 503 g/mol. The van der Waals surface area contributed by atoms with Crippen LogP contribution in [0.5, 0.6) is 11.5 Å². The van der Waals surface area contributed by atoms with E-state index in [1.165, 1.54) is 46.4 Å². The van der Waals surface area contributed by atoms with Crippen molar-refractivity contribution in [1.82, 2.24) is 5.32 Å². The Bertz CT molecular complexity index is 1070. The fourth-order valence-electron chi connectivity index (χ4n) is 5.06. The van der Waals surface area contributed by atoms with E-state index in [1.54, 1.807) is 14.2 Å². The molecule has 1 N–H and O–H groups in total. The summed E-state index contributed by atoms with van der Waals surface area (Å²) in [5, 5.41) is 3.51. The molecular formula is C33H46N2O2. The Hall–Kier alpha value is -2.98. The number of allylic oxidation sites excluding steroid dienone is 3. The molecule has 37 heavy (non-hydrogen) atoms. The maximum absolute atomic E-state index is 5.72. The standard InChI is InChI=1S/C31H40N2O2.C2H6/c1-6-7-24(21-33(28-14-16-32-17-15-28)27-12-8-22(2)9-13-27)18-23(3)26-19-29(25-10-11-25)31(35-5)30(20-26)34-4;1-2/h6-9,12-13,18-20,25,28,32H,1,10-11,14-17,21H2,2-5H3;1-2H3/b23-18+,24-7+;. The molecule has 2 aliphatic rings. The van der Waals surface area contributed by atoms with Crippen LogP contribution in [0, 0.1) is 6.92 Å². The summed E-state index contributed by atoms with van der Waals surface area (Å²) in [6, 6.07) is 13.9. The van der Waals surface area contributed by atoms with E-state index in [2.05, 4.69) is 79.2 Å². The lowest BCUT2D eigenvalue weighted by molar-refractivity contribution is 0.351. The Morgan fingerprint density at radius 2 is 1.70 bits per heavy atom. The number of methoxy groups -OCH3 is 2. The topological polar surface area (TPSA) is 33.7 Å². The monoisotopic (exact) mass is 502 g/mol. The molecule has 4 nitrogen and oxygen atoms in total. The van der Waals surface area contributed by atoms with Crippen molar-refractivity contribution in [2.24, 2.45) is 0 Å². The van der Waals surface area contributed by atoms with Crippen molar-refractivity contribution < 1.29 is 9.47 Å². The molecule has 1 aliphatic carbocycles. The third-order valence-electron chi connectivity index (χ3n) is 7.18. The first-order valence-corrected chi connectivity index (χ1v) is 13.8. The molecule has 1 saturated heterocycles. The number of ether oxygens (including phenoxy) is 2. The number of rotatable bonds is 10. The quantitative estimate of drug-likeness (QED) is 0.338. The van der Waals surface area contributed by atoms with Gasteiger partial charge in [-0.15, -0.1) is 0 Å². The van der Waals surface area contributed by atoms with E-state index in [1.807, 2.05) is 19.9 Å². The molecule has 2 aromatic carbocycles. The molecule has 0 spiro atoms. The molecular weight excluding hydrogens is 456 g/mol. The molecule has 1 heterocycles. The number of hydrogen-bond donors (Lipinski definition) is 1. The molecule has 0 radical (unpaired) electrons. The normalized spacial score (nSPS) is 16.5. The first-order chi connectivity index (χ1) is 18.0. The van der Waals surface area contributed by atoms with Crippen LogP contribution in [0.15, 0.2) is 66.8 Å². The summed E-state index contributed by atoms with van der Waals surface area (Å²) >= 11 is 0. The van der Waals surface area contributed by atoms with Gasteiger partial charge in [-0.25, -0.2) is 0 Å². The molecule has 2 fully saturated rings. The van der Waals surface area contributed by atoms with E-state index in [-0.39, 0.29) is 0 Å². The lowest BCUT2D eigenvalue weighted by Crippen LogP contribution is -2.44. The van der Waals surface area contributed by atoms with Crippen molar-refractivity contribution in [3.63, 3.8) is 0 Å². The van der Waals surface area contributed by atoms with Crippen LogP contribution >= 0.6 is 0 Å². The minimum Gasteiger partial charge on any atom is -0.493 e. The Labute approximate surface area is 225 Å². The van der Waals surface area contributed by atoms with Crippen LogP contribution in [0.1, 0.15) is 69.1 Å². The van der Waals surface area contributed by atoms with E-state index in [4.69, 9.17) is 9.47 Å². The number of nitrogens with zero attached hydrogens (tertiary/aromatic N) is 1. The molecule has 0 amide bonds. The largest absolute Gasteiger partial charge is 0.493 e. The second-order valence-corrected chi connectivity index (χ2v) is 9.82. The van der Waals surface area contributed by atoms with Crippen LogP contribution in [-0.2, 0) is 0 Å². The van der Waals surface area contributed by atoms with Gasteiger partial charge in [0.15, 0.2) is 11.5 Å². The van der Waals surface area contributed by atoms with Crippen molar-refractivity contribution in [2.75, 3.05) is 38.8 Å². The van der Waals surface area contributed by atoms with Gasteiger partial charge in [-0.1, -0.05) is 56.4 Å². The number of aryl methyl sites for hydroxylation is 1. The molecule has 200 valence electrons. The summed E-state index contributed by atoms with van der Waals surface area (Å²) in [4.78, 5) is 2.57. The summed E-state index contributed by atoms with van der Waals surface area (Å²) < 4.78 is 11.4. The molecule has 1 saturated carbocycles. The van der Waals surface area contributed by atoms with Gasteiger partial charge in [-0.3, -0.25) is 0 Å². The summed E-state index contributed by atoms with van der Waals surface area (Å²) in [5.41, 5.74) is 7.49. The first-order valence-electron chi connectivity index (χ1n) is 13.8. The van der Waals surface area contributed by atoms with Crippen molar-refractivity contribution >= 4 is 11.3 Å². The Morgan fingerprint density at radius 3 is 2.27 bits per heavy atom. The van der Waals surface area contributed by atoms with E-state index < -0.39 is 0 Å².